The molecule has 0 radical (unpaired) electrons. The first kappa shape index (κ1) is 26.5. The summed E-state index contributed by atoms with van der Waals surface area (Å²) in [5.41, 5.74) is 4.85. The number of hydrogen-bond donors (Lipinski definition) is 0. The summed E-state index contributed by atoms with van der Waals surface area (Å²) in [6.45, 7) is 8.49. The Hall–Kier alpha value is -3.58. The molecule has 2 heterocycles. The maximum absolute atomic E-state index is 13.7. The van der Waals surface area contributed by atoms with Crippen LogP contribution in [0.3, 0.4) is 0 Å². The summed E-state index contributed by atoms with van der Waals surface area (Å²) < 4.78 is 15.6. The molecule has 0 bridgehead atoms. The molecule has 4 rings (SSSR count). The van der Waals surface area contributed by atoms with Gasteiger partial charge in [-0.3, -0.25) is 4.79 Å². The van der Waals surface area contributed by atoms with E-state index < -0.39 is 0 Å². The van der Waals surface area contributed by atoms with Crippen molar-refractivity contribution in [3.8, 4) is 11.3 Å². The molecule has 6 nitrogen and oxygen atoms in total. The number of benzene rings is 2. The van der Waals surface area contributed by atoms with E-state index in [-0.39, 0.29) is 17.8 Å². The van der Waals surface area contributed by atoms with Crippen LogP contribution in [-0.4, -0.2) is 51.1 Å². The van der Waals surface area contributed by atoms with E-state index in [4.69, 9.17) is 4.98 Å². The molecule has 0 fully saturated rings. The van der Waals surface area contributed by atoms with Gasteiger partial charge in [-0.05, 0) is 69.3 Å². The van der Waals surface area contributed by atoms with E-state index in [0.717, 1.165) is 29.9 Å². The van der Waals surface area contributed by atoms with E-state index in [2.05, 4.69) is 36.1 Å². The fraction of sp³-hybridized carbons (Fsp3) is 0.367. The Bertz CT molecular complexity index is 1380. The first-order chi connectivity index (χ1) is 17.8. The van der Waals surface area contributed by atoms with Crippen molar-refractivity contribution in [1.82, 2.24) is 24.6 Å². The highest BCUT2D eigenvalue weighted by molar-refractivity contribution is 6.06. The van der Waals surface area contributed by atoms with Crippen molar-refractivity contribution >= 4 is 16.9 Å². The molecule has 0 saturated carbocycles. The molecule has 1 amide bonds. The highest BCUT2D eigenvalue weighted by Gasteiger charge is 2.21. The van der Waals surface area contributed by atoms with Crippen molar-refractivity contribution in [1.29, 1.82) is 0 Å². The zero-order valence-electron chi connectivity index (χ0n) is 22.4. The number of fused-ring (bicyclic) bond motifs is 1. The van der Waals surface area contributed by atoms with Gasteiger partial charge in [-0.15, -0.1) is 0 Å². The number of aromatic nitrogens is 3. The molecule has 4 aromatic rings. The predicted octanol–water partition coefficient (Wildman–Crippen LogP) is 6.32. The smallest absolute Gasteiger partial charge is 0.254 e. The summed E-state index contributed by atoms with van der Waals surface area (Å²) in [4.78, 5) is 22.6. The summed E-state index contributed by atoms with van der Waals surface area (Å²) in [6, 6.07) is 16.6. The van der Waals surface area contributed by atoms with Crippen LogP contribution in [0.4, 0.5) is 4.39 Å². The van der Waals surface area contributed by atoms with Crippen LogP contribution in [0.25, 0.3) is 22.3 Å². The largest absolute Gasteiger partial charge is 0.337 e. The maximum atomic E-state index is 13.7. The van der Waals surface area contributed by atoms with Gasteiger partial charge in [0.05, 0.1) is 22.8 Å². The second-order valence-electron chi connectivity index (χ2n) is 10.1. The highest BCUT2D eigenvalue weighted by Crippen LogP contribution is 2.28. The second kappa shape index (κ2) is 11.6. The Balaban J connectivity index is 1.72. The van der Waals surface area contributed by atoms with E-state index in [9.17, 15) is 9.18 Å². The van der Waals surface area contributed by atoms with Gasteiger partial charge in [0.1, 0.15) is 5.82 Å². The van der Waals surface area contributed by atoms with E-state index in [1.807, 2.05) is 42.8 Å². The van der Waals surface area contributed by atoms with Gasteiger partial charge in [0.15, 0.2) is 5.65 Å². The number of halogens is 1. The van der Waals surface area contributed by atoms with Gasteiger partial charge >= 0.3 is 0 Å². The number of pyridine rings is 1. The highest BCUT2D eigenvalue weighted by atomic mass is 19.1. The van der Waals surface area contributed by atoms with Crippen molar-refractivity contribution in [2.75, 3.05) is 20.6 Å². The minimum absolute atomic E-state index is 0.0896. The lowest BCUT2D eigenvalue weighted by Gasteiger charge is -2.19. The molecule has 0 N–H and O–H groups in total. The molecule has 0 unspecified atom stereocenters. The lowest BCUT2D eigenvalue weighted by molar-refractivity contribution is 0.0787. The summed E-state index contributed by atoms with van der Waals surface area (Å²) >= 11 is 0. The van der Waals surface area contributed by atoms with Crippen molar-refractivity contribution in [3.63, 3.8) is 0 Å². The molecule has 0 aliphatic heterocycles. The van der Waals surface area contributed by atoms with Crippen molar-refractivity contribution in [2.24, 2.45) is 0 Å². The van der Waals surface area contributed by atoms with Gasteiger partial charge in [-0.2, -0.15) is 5.10 Å². The first-order valence-corrected chi connectivity index (χ1v) is 12.9. The fourth-order valence-corrected chi connectivity index (χ4v) is 4.56. The number of hydrogen-bond acceptors (Lipinski definition) is 4. The Morgan fingerprint density at radius 3 is 2.46 bits per heavy atom. The summed E-state index contributed by atoms with van der Waals surface area (Å²) in [5, 5.41) is 5.25. The Labute approximate surface area is 218 Å². The van der Waals surface area contributed by atoms with Crippen LogP contribution < -0.4 is 0 Å². The topological polar surface area (TPSA) is 54.3 Å². The Morgan fingerprint density at radius 2 is 1.76 bits per heavy atom. The quantitative estimate of drug-likeness (QED) is 0.255. The molecular formula is C30H36FN5O. The average molecular weight is 502 g/mol. The molecule has 2 aromatic carbocycles. The van der Waals surface area contributed by atoms with Gasteiger partial charge in [-0.1, -0.05) is 43.7 Å². The Kier molecular flexibility index (Phi) is 8.34. The third-order valence-corrected chi connectivity index (χ3v) is 6.51. The van der Waals surface area contributed by atoms with E-state index in [1.54, 1.807) is 24.2 Å². The minimum atomic E-state index is -0.314. The SMILES string of the molecule is CCCCN(C)Cc1cccc(-c2cc(C(=O)N(C)Cc3cccc(F)c3)c3cnn(C(C)C)c3n2)c1. The molecule has 7 heteroatoms. The van der Waals surface area contributed by atoms with E-state index >= 15 is 0 Å². The normalized spacial score (nSPS) is 11.6. The Morgan fingerprint density at radius 1 is 1.03 bits per heavy atom. The third kappa shape index (κ3) is 6.23. The van der Waals surface area contributed by atoms with Crippen LogP contribution in [0.2, 0.25) is 0 Å². The molecule has 0 atom stereocenters. The lowest BCUT2D eigenvalue weighted by Crippen LogP contribution is -2.26. The fourth-order valence-electron chi connectivity index (χ4n) is 4.56. The van der Waals surface area contributed by atoms with Crippen LogP contribution in [-0.2, 0) is 13.1 Å². The number of unbranched alkanes of at least 4 members (excludes halogenated alkanes) is 1. The van der Waals surface area contributed by atoms with Crippen molar-refractivity contribution < 1.29 is 9.18 Å². The zero-order chi connectivity index (χ0) is 26.5. The number of amides is 1. The average Bonchev–Trinajstić information content (AvgIpc) is 3.31. The molecule has 0 saturated heterocycles. The van der Waals surface area contributed by atoms with Gasteiger partial charge in [0.25, 0.3) is 5.91 Å². The molecule has 0 aliphatic carbocycles. The van der Waals surface area contributed by atoms with Crippen LogP contribution in [0.5, 0.6) is 0 Å². The first-order valence-electron chi connectivity index (χ1n) is 12.9. The zero-order valence-corrected chi connectivity index (χ0v) is 22.4. The molecule has 0 spiro atoms. The van der Waals surface area contributed by atoms with Gasteiger partial charge in [0, 0.05) is 31.7 Å². The number of carbonyl (C=O) groups is 1. The van der Waals surface area contributed by atoms with Crippen molar-refractivity contribution in [2.45, 2.75) is 52.7 Å². The predicted molar refractivity (Wildman–Crippen MR) is 147 cm³/mol. The van der Waals surface area contributed by atoms with Gasteiger partial charge in [0.2, 0.25) is 0 Å². The summed E-state index contributed by atoms with van der Waals surface area (Å²) in [7, 11) is 3.87. The van der Waals surface area contributed by atoms with E-state index in [1.165, 1.54) is 30.5 Å². The number of nitrogens with zero attached hydrogens (tertiary/aromatic N) is 5. The molecule has 194 valence electrons. The minimum Gasteiger partial charge on any atom is -0.337 e. The van der Waals surface area contributed by atoms with E-state index in [0.29, 0.717) is 23.1 Å². The van der Waals surface area contributed by atoms with Gasteiger partial charge < -0.3 is 9.80 Å². The molecule has 0 aliphatic rings. The second-order valence-corrected chi connectivity index (χ2v) is 10.1. The van der Waals surface area contributed by atoms with Crippen LogP contribution in [0, 0.1) is 5.82 Å². The third-order valence-electron chi connectivity index (χ3n) is 6.51. The maximum Gasteiger partial charge on any atom is 0.254 e. The van der Waals surface area contributed by atoms with Crippen LogP contribution in [0.1, 0.15) is 61.1 Å². The standard InChI is InChI=1S/C30H36FN5O/c1-6-7-14-34(4)19-22-10-8-12-24(15-22)28-17-26(27-18-32-36(21(2)3)29(27)33-28)30(37)35(5)20-23-11-9-13-25(31)16-23/h8-13,15-18,21H,6-7,14,19-20H2,1-5H3. The monoisotopic (exact) mass is 501 g/mol. The molecule has 37 heavy (non-hydrogen) atoms. The van der Waals surface area contributed by atoms with Crippen molar-refractivity contribution in [3.05, 3.63) is 83.3 Å². The van der Waals surface area contributed by atoms with Crippen LogP contribution in [0.15, 0.2) is 60.8 Å². The van der Waals surface area contributed by atoms with Gasteiger partial charge in [-0.25, -0.2) is 14.1 Å². The summed E-state index contributed by atoms with van der Waals surface area (Å²) in [5.74, 6) is -0.470. The molecular weight excluding hydrogens is 465 g/mol. The molecule has 2 aromatic heterocycles. The number of rotatable bonds is 10. The number of carbonyl (C=O) groups excluding carboxylic acids is 1. The summed E-state index contributed by atoms with van der Waals surface area (Å²) in [6.07, 6.45) is 4.05. The van der Waals surface area contributed by atoms with Crippen LogP contribution >= 0.6 is 0 Å². The lowest BCUT2D eigenvalue weighted by atomic mass is 10.0.